The van der Waals surface area contributed by atoms with E-state index in [0.29, 0.717) is 12.1 Å². The van der Waals surface area contributed by atoms with Gasteiger partial charge in [-0.05, 0) is 24.5 Å². The Kier molecular flexibility index (Phi) is 5.99. The molecule has 3 rings (SSSR count). The number of nitrogens with zero attached hydrogens (tertiary/aromatic N) is 1. The summed E-state index contributed by atoms with van der Waals surface area (Å²) in [6.45, 7) is 1.30. The van der Waals surface area contributed by atoms with Gasteiger partial charge >= 0.3 is 5.97 Å². The number of nitrogens with one attached hydrogen (secondary N) is 1. The molecule has 0 saturated carbocycles. The average molecular weight is 364 g/mol. The van der Waals surface area contributed by atoms with Crippen molar-refractivity contribution in [2.24, 2.45) is 0 Å². The molecule has 0 radical (unpaired) electrons. The number of ether oxygens (including phenoxy) is 1. The van der Waals surface area contributed by atoms with Gasteiger partial charge in [0.15, 0.2) is 6.61 Å². The molecular weight excluding hydrogens is 344 g/mol. The summed E-state index contributed by atoms with van der Waals surface area (Å²) < 4.78 is 9.84. The summed E-state index contributed by atoms with van der Waals surface area (Å²) in [7, 11) is 0. The third-order valence-electron chi connectivity index (χ3n) is 3.98. The number of rotatable bonds is 7. The highest BCUT2D eigenvalue weighted by Gasteiger charge is 2.18. The van der Waals surface area contributed by atoms with Crippen molar-refractivity contribution >= 4 is 11.9 Å². The summed E-state index contributed by atoms with van der Waals surface area (Å²) in [5, 5.41) is 6.55. The molecule has 1 heterocycles. The van der Waals surface area contributed by atoms with E-state index in [0.717, 1.165) is 11.1 Å². The fourth-order valence-electron chi connectivity index (χ4n) is 2.69. The monoisotopic (exact) mass is 364 g/mol. The molecule has 6 nitrogen and oxygen atoms in total. The van der Waals surface area contributed by atoms with Crippen molar-refractivity contribution in [2.45, 2.75) is 19.4 Å². The topological polar surface area (TPSA) is 81.4 Å². The molecule has 27 heavy (non-hydrogen) atoms. The highest BCUT2D eigenvalue weighted by atomic mass is 16.6. The largest absolute Gasteiger partial charge is 0.450 e. The Morgan fingerprint density at radius 3 is 2.37 bits per heavy atom. The molecule has 1 amide bonds. The molecule has 0 aliphatic rings. The number of benzene rings is 2. The zero-order valence-electron chi connectivity index (χ0n) is 14.9. The van der Waals surface area contributed by atoms with Crippen LogP contribution in [0.3, 0.4) is 0 Å². The highest BCUT2D eigenvalue weighted by molar-refractivity contribution is 5.88. The van der Waals surface area contributed by atoms with Gasteiger partial charge in [-0.15, -0.1) is 0 Å². The van der Waals surface area contributed by atoms with E-state index < -0.39 is 12.6 Å². The third kappa shape index (κ3) is 5.28. The summed E-state index contributed by atoms with van der Waals surface area (Å²) in [4.78, 5) is 24.2. The van der Waals surface area contributed by atoms with Gasteiger partial charge in [0.1, 0.15) is 0 Å². The van der Waals surface area contributed by atoms with Crippen molar-refractivity contribution in [3.63, 3.8) is 0 Å². The molecular formula is C21H20N2O4. The molecule has 3 aromatic rings. The molecule has 0 spiro atoms. The first-order valence-electron chi connectivity index (χ1n) is 8.60. The van der Waals surface area contributed by atoms with Crippen LogP contribution in [0.1, 0.15) is 33.4 Å². The van der Waals surface area contributed by atoms with E-state index in [9.17, 15) is 9.59 Å². The number of esters is 1. The Morgan fingerprint density at radius 1 is 1.07 bits per heavy atom. The lowest BCUT2D eigenvalue weighted by Gasteiger charge is -2.19. The maximum atomic E-state index is 12.3. The van der Waals surface area contributed by atoms with Crippen LogP contribution in [0.2, 0.25) is 0 Å². The Labute approximate surface area is 157 Å². The average Bonchev–Trinajstić information content (AvgIpc) is 3.13. The third-order valence-corrected chi connectivity index (χ3v) is 3.98. The molecule has 1 N–H and O–H groups in total. The van der Waals surface area contributed by atoms with Crippen molar-refractivity contribution in [1.29, 1.82) is 0 Å². The molecule has 138 valence electrons. The summed E-state index contributed by atoms with van der Waals surface area (Å²) in [6.07, 6.45) is 0.631. The minimum absolute atomic E-state index is 0.0239. The van der Waals surface area contributed by atoms with Gasteiger partial charge in [-0.1, -0.05) is 65.8 Å². The van der Waals surface area contributed by atoms with Crippen LogP contribution < -0.4 is 5.32 Å². The number of carbonyl (C=O) groups excluding carboxylic acids is 2. The Bertz CT molecular complexity index is 891. The predicted molar refractivity (Wildman–Crippen MR) is 99.0 cm³/mol. The van der Waals surface area contributed by atoms with Crippen LogP contribution in [0.5, 0.6) is 0 Å². The molecule has 6 heteroatoms. The van der Waals surface area contributed by atoms with Crippen molar-refractivity contribution in [3.05, 3.63) is 89.3 Å². The lowest BCUT2D eigenvalue weighted by atomic mass is 9.99. The molecule has 0 aliphatic carbocycles. The summed E-state index contributed by atoms with van der Waals surface area (Å²) >= 11 is 0. The maximum absolute atomic E-state index is 12.3. The quantitative estimate of drug-likeness (QED) is 0.651. The molecule has 0 aliphatic heterocycles. The standard InChI is InChI=1S/C21H20N2O4/c1-15-12-19(27-23-15)21(25)26-14-20(24)22-18(17-10-6-3-7-11-17)13-16-8-4-2-5-9-16/h2-12,18H,13-14H2,1H3,(H,22,24)/t18-/m1/s1. The second-order valence-electron chi connectivity index (χ2n) is 6.13. The normalized spacial score (nSPS) is 11.6. The lowest BCUT2D eigenvalue weighted by Crippen LogP contribution is -2.33. The zero-order valence-corrected chi connectivity index (χ0v) is 14.9. The van der Waals surface area contributed by atoms with Crippen LogP contribution in [-0.4, -0.2) is 23.6 Å². The minimum atomic E-state index is -0.718. The summed E-state index contributed by atoms with van der Waals surface area (Å²) in [5.74, 6) is -1.13. The molecule has 2 aromatic carbocycles. The Balaban J connectivity index is 1.62. The number of hydrogen-bond donors (Lipinski definition) is 1. The van der Waals surface area contributed by atoms with Crippen LogP contribution in [0, 0.1) is 6.92 Å². The molecule has 0 fully saturated rings. The van der Waals surface area contributed by atoms with Gasteiger partial charge in [0.2, 0.25) is 5.76 Å². The van der Waals surface area contributed by atoms with Gasteiger partial charge in [-0.3, -0.25) is 4.79 Å². The second-order valence-corrected chi connectivity index (χ2v) is 6.13. The van der Waals surface area contributed by atoms with Crippen LogP contribution in [0.4, 0.5) is 0 Å². The fourth-order valence-corrected chi connectivity index (χ4v) is 2.69. The van der Waals surface area contributed by atoms with Crippen molar-refractivity contribution in [3.8, 4) is 0 Å². The number of hydrogen-bond acceptors (Lipinski definition) is 5. The van der Waals surface area contributed by atoms with Gasteiger partial charge in [-0.25, -0.2) is 4.79 Å². The molecule has 0 bridgehead atoms. The first kappa shape index (κ1) is 18.4. The lowest BCUT2D eigenvalue weighted by molar-refractivity contribution is -0.125. The molecule has 0 unspecified atom stereocenters. The van der Waals surface area contributed by atoms with Crippen LogP contribution in [0.25, 0.3) is 0 Å². The van der Waals surface area contributed by atoms with E-state index in [1.54, 1.807) is 6.92 Å². The van der Waals surface area contributed by atoms with Crippen LogP contribution in [-0.2, 0) is 16.0 Å². The number of aromatic nitrogens is 1. The summed E-state index contributed by atoms with van der Waals surface area (Å²) in [6, 6.07) is 20.8. The highest BCUT2D eigenvalue weighted by Crippen LogP contribution is 2.18. The second kappa shape index (κ2) is 8.80. The van der Waals surface area contributed by atoms with Gasteiger partial charge in [0.25, 0.3) is 5.91 Å². The van der Waals surface area contributed by atoms with E-state index in [1.165, 1.54) is 6.07 Å². The van der Waals surface area contributed by atoms with Gasteiger partial charge in [0.05, 0.1) is 11.7 Å². The van der Waals surface area contributed by atoms with E-state index in [2.05, 4.69) is 10.5 Å². The minimum Gasteiger partial charge on any atom is -0.450 e. The van der Waals surface area contributed by atoms with Crippen molar-refractivity contribution in [2.75, 3.05) is 6.61 Å². The van der Waals surface area contributed by atoms with Crippen molar-refractivity contribution in [1.82, 2.24) is 10.5 Å². The predicted octanol–water partition coefficient (Wildman–Crippen LogP) is 3.24. The first-order valence-corrected chi connectivity index (χ1v) is 8.60. The Hall–Kier alpha value is -3.41. The molecule has 1 atom stereocenters. The maximum Gasteiger partial charge on any atom is 0.377 e. The number of carbonyl (C=O) groups is 2. The number of aryl methyl sites for hydroxylation is 1. The first-order chi connectivity index (χ1) is 13.1. The summed E-state index contributed by atoms with van der Waals surface area (Å²) in [5.41, 5.74) is 2.64. The fraction of sp³-hybridized carbons (Fsp3) is 0.190. The van der Waals surface area contributed by atoms with Crippen LogP contribution in [0.15, 0.2) is 71.3 Å². The van der Waals surface area contributed by atoms with Gasteiger partial charge < -0.3 is 14.6 Å². The van der Waals surface area contributed by atoms with Crippen LogP contribution >= 0.6 is 0 Å². The smallest absolute Gasteiger partial charge is 0.377 e. The van der Waals surface area contributed by atoms with E-state index >= 15 is 0 Å². The van der Waals surface area contributed by atoms with Crippen molar-refractivity contribution < 1.29 is 18.8 Å². The molecule has 0 saturated heterocycles. The molecule has 1 aromatic heterocycles. The van der Waals surface area contributed by atoms with E-state index in [4.69, 9.17) is 9.26 Å². The number of amides is 1. The van der Waals surface area contributed by atoms with Gasteiger partial charge in [-0.2, -0.15) is 0 Å². The van der Waals surface area contributed by atoms with E-state index in [-0.39, 0.29) is 17.7 Å². The zero-order chi connectivity index (χ0) is 19.1. The Morgan fingerprint density at radius 2 is 1.74 bits per heavy atom. The van der Waals surface area contributed by atoms with Gasteiger partial charge in [0, 0.05) is 6.07 Å². The SMILES string of the molecule is Cc1cc(C(=O)OCC(=O)N[C@H](Cc2ccccc2)c2ccccc2)on1. The van der Waals surface area contributed by atoms with E-state index in [1.807, 2.05) is 60.7 Å².